The highest BCUT2D eigenvalue weighted by molar-refractivity contribution is 14.0. The molecule has 0 fully saturated rings. The zero-order valence-electron chi connectivity index (χ0n) is 14.4. The summed E-state index contributed by atoms with van der Waals surface area (Å²) < 4.78 is 1.91. The fourth-order valence-corrected chi connectivity index (χ4v) is 2.79. The van der Waals surface area contributed by atoms with Gasteiger partial charge >= 0.3 is 0 Å². The molecule has 0 saturated heterocycles. The Morgan fingerprint density at radius 1 is 1.42 bits per heavy atom. The van der Waals surface area contributed by atoms with Gasteiger partial charge in [0.2, 0.25) is 0 Å². The molecular formula is C15H25IN6OS. The number of thiophene rings is 1. The molecular weight excluding hydrogens is 439 g/mol. The highest BCUT2D eigenvalue weighted by Crippen LogP contribution is 2.21. The van der Waals surface area contributed by atoms with Gasteiger partial charge in [0, 0.05) is 13.6 Å². The summed E-state index contributed by atoms with van der Waals surface area (Å²) in [5.74, 6) is 2.29. The number of aromatic nitrogens is 3. The highest BCUT2D eigenvalue weighted by atomic mass is 127. The summed E-state index contributed by atoms with van der Waals surface area (Å²) in [6.45, 7) is 7.23. The van der Waals surface area contributed by atoms with Gasteiger partial charge in [-0.15, -0.1) is 34.2 Å². The summed E-state index contributed by atoms with van der Waals surface area (Å²) in [5, 5.41) is 28.9. The molecule has 134 valence electrons. The van der Waals surface area contributed by atoms with Crippen molar-refractivity contribution in [1.82, 2.24) is 25.4 Å². The topological polar surface area (TPSA) is 87.4 Å². The van der Waals surface area contributed by atoms with E-state index in [9.17, 15) is 5.11 Å². The fraction of sp³-hybridized carbons (Fsp3) is 0.533. The average Bonchev–Trinajstić information content (AvgIpc) is 3.15. The maximum atomic E-state index is 10.6. The molecule has 2 rings (SSSR count). The molecule has 2 aromatic heterocycles. The third-order valence-corrected chi connectivity index (χ3v) is 4.33. The molecule has 1 atom stereocenters. The van der Waals surface area contributed by atoms with Crippen molar-refractivity contribution >= 4 is 41.3 Å². The van der Waals surface area contributed by atoms with E-state index >= 15 is 0 Å². The van der Waals surface area contributed by atoms with Crippen LogP contribution in [0.1, 0.15) is 31.1 Å². The van der Waals surface area contributed by atoms with E-state index in [2.05, 4.69) is 25.8 Å². The third-order valence-electron chi connectivity index (χ3n) is 3.65. The van der Waals surface area contributed by atoms with E-state index in [1.54, 1.807) is 18.3 Å². The van der Waals surface area contributed by atoms with Crippen LogP contribution in [0.3, 0.4) is 0 Å². The molecule has 2 aromatic rings. The molecule has 9 heteroatoms. The maximum absolute atomic E-state index is 10.6. The summed E-state index contributed by atoms with van der Waals surface area (Å²) in [6.07, 6.45) is 0. The minimum absolute atomic E-state index is 0. The van der Waals surface area contributed by atoms with Crippen LogP contribution in [0.5, 0.6) is 0 Å². The molecule has 0 saturated carbocycles. The van der Waals surface area contributed by atoms with Gasteiger partial charge in [0.05, 0.1) is 6.54 Å². The Bertz CT molecular complexity index is 653. The third kappa shape index (κ3) is 5.42. The second-order valence-corrected chi connectivity index (χ2v) is 6.34. The summed E-state index contributed by atoms with van der Waals surface area (Å²) in [7, 11) is 1.92. The fourth-order valence-electron chi connectivity index (χ4n) is 2.01. The molecule has 0 aliphatic heterocycles. The number of aryl methyl sites for hydroxylation is 1. The second-order valence-electron chi connectivity index (χ2n) is 5.56. The Labute approximate surface area is 163 Å². The zero-order chi connectivity index (χ0) is 16.9. The molecule has 24 heavy (non-hydrogen) atoms. The molecule has 0 aliphatic rings. The van der Waals surface area contributed by atoms with Crippen molar-refractivity contribution in [2.24, 2.45) is 12.0 Å². The van der Waals surface area contributed by atoms with Crippen LogP contribution in [-0.4, -0.2) is 38.9 Å². The summed E-state index contributed by atoms with van der Waals surface area (Å²) in [4.78, 5) is 4.50. The van der Waals surface area contributed by atoms with Crippen molar-refractivity contribution in [2.75, 3.05) is 13.1 Å². The number of nitrogens with one attached hydrogen (secondary N) is 2. The predicted octanol–water partition coefficient (Wildman–Crippen LogP) is 1.77. The smallest absolute Gasteiger partial charge is 0.191 e. The minimum atomic E-state index is -0.947. The molecule has 0 bridgehead atoms. The predicted molar refractivity (Wildman–Crippen MR) is 108 cm³/mol. The number of guanidine groups is 1. The van der Waals surface area contributed by atoms with Crippen LogP contribution in [0.25, 0.3) is 0 Å². The maximum Gasteiger partial charge on any atom is 0.191 e. The van der Waals surface area contributed by atoms with Crippen molar-refractivity contribution in [2.45, 2.75) is 32.9 Å². The van der Waals surface area contributed by atoms with Crippen LogP contribution < -0.4 is 10.6 Å². The van der Waals surface area contributed by atoms with Crippen LogP contribution >= 0.6 is 35.3 Å². The first kappa shape index (κ1) is 20.8. The van der Waals surface area contributed by atoms with Crippen LogP contribution in [0, 0.1) is 6.92 Å². The van der Waals surface area contributed by atoms with E-state index in [1.165, 1.54) is 0 Å². The first-order valence-electron chi connectivity index (χ1n) is 7.56. The first-order valence-corrected chi connectivity index (χ1v) is 8.50. The molecule has 2 heterocycles. The molecule has 7 nitrogen and oxygen atoms in total. The molecule has 0 aromatic carbocycles. The van der Waals surface area contributed by atoms with E-state index in [-0.39, 0.29) is 24.0 Å². The molecule has 3 N–H and O–H groups in total. The van der Waals surface area contributed by atoms with Gasteiger partial charge < -0.3 is 20.3 Å². The first-order chi connectivity index (χ1) is 10.9. The van der Waals surface area contributed by atoms with E-state index in [0.717, 1.165) is 23.8 Å². The number of rotatable bonds is 6. The lowest BCUT2D eigenvalue weighted by molar-refractivity contribution is 0.0621. The lowest BCUT2D eigenvalue weighted by atomic mass is 9.99. The number of aliphatic hydroxyl groups is 1. The lowest BCUT2D eigenvalue weighted by Crippen LogP contribution is -2.44. The van der Waals surface area contributed by atoms with Gasteiger partial charge in [0.1, 0.15) is 18.0 Å². The summed E-state index contributed by atoms with van der Waals surface area (Å²) in [5.41, 5.74) is -0.0489. The van der Waals surface area contributed by atoms with Gasteiger partial charge in [-0.25, -0.2) is 4.99 Å². The summed E-state index contributed by atoms with van der Waals surface area (Å²) >= 11 is 1.57. The van der Waals surface area contributed by atoms with Gasteiger partial charge in [0.15, 0.2) is 11.8 Å². The van der Waals surface area contributed by atoms with E-state index in [1.807, 2.05) is 42.3 Å². The van der Waals surface area contributed by atoms with Gasteiger partial charge in [-0.2, -0.15) is 11.3 Å². The SMILES string of the molecule is CCNC(=NCc1nnc(C)n1C)NCC(C)(O)c1ccsc1.I. The molecule has 0 amide bonds. The zero-order valence-corrected chi connectivity index (χ0v) is 17.6. The molecule has 0 spiro atoms. The number of hydrogen-bond acceptors (Lipinski definition) is 5. The Kier molecular flexibility index (Phi) is 8.10. The lowest BCUT2D eigenvalue weighted by Gasteiger charge is -2.24. The van der Waals surface area contributed by atoms with Gasteiger partial charge in [-0.05, 0) is 43.2 Å². The van der Waals surface area contributed by atoms with E-state index in [0.29, 0.717) is 19.0 Å². The number of halogens is 1. The molecule has 0 aliphatic carbocycles. The minimum Gasteiger partial charge on any atom is -0.384 e. The number of aliphatic imine (C=N–C) groups is 1. The Hall–Kier alpha value is -1.20. The van der Waals surface area contributed by atoms with Crippen LogP contribution in [0.4, 0.5) is 0 Å². The molecule has 1 unspecified atom stereocenters. The number of hydrogen-bond donors (Lipinski definition) is 3. The standard InChI is InChI=1S/C15H24N6OS.HI/c1-5-16-14(17-8-13-20-19-11(2)21(13)4)18-10-15(3,22)12-6-7-23-9-12;/h6-7,9,22H,5,8,10H2,1-4H3,(H2,16,17,18);1H. The average molecular weight is 464 g/mol. The van der Waals surface area contributed by atoms with Crippen LogP contribution in [-0.2, 0) is 19.2 Å². The van der Waals surface area contributed by atoms with Gasteiger partial charge in [-0.1, -0.05) is 0 Å². The summed E-state index contributed by atoms with van der Waals surface area (Å²) in [6, 6.07) is 1.93. The van der Waals surface area contributed by atoms with Crippen molar-refractivity contribution in [3.8, 4) is 0 Å². The van der Waals surface area contributed by atoms with Crippen molar-refractivity contribution < 1.29 is 5.11 Å². The Balaban J connectivity index is 0.00000288. The Morgan fingerprint density at radius 2 is 2.17 bits per heavy atom. The normalized spacial score (nSPS) is 14.0. The van der Waals surface area contributed by atoms with Crippen LogP contribution in [0.15, 0.2) is 21.8 Å². The highest BCUT2D eigenvalue weighted by Gasteiger charge is 2.23. The van der Waals surface area contributed by atoms with Crippen molar-refractivity contribution in [1.29, 1.82) is 0 Å². The monoisotopic (exact) mass is 464 g/mol. The molecule has 0 radical (unpaired) electrons. The largest absolute Gasteiger partial charge is 0.384 e. The number of nitrogens with zero attached hydrogens (tertiary/aromatic N) is 4. The Morgan fingerprint density at radius 3 is 2.71 bits per heavy atom. The quantitative estimate of drug-likeness (QED) is 0.345. The van der Waals surface area contributed by atoms with Gasteiger partial charge in [-0.3, -0.25) is 0 Å². The van der Waals surface area contributed by atoms with Crippen molar-refractivity contribution in [3.05, 3.63) is 34.0 Å². The van der Waals surface area contributed by atoms with Gasteiger partial charge in [0.25, 0.3) is 0 Å². The van der Waals surface area contributed by atoms with Crippen molar-refractivity contribution in [3.63, 3.8) is 0 Å². The van der Waals surface area contributed by atoms with E-state index < -0.39 is 5.60 Å². The van der Waals surface area contributed by atoms with E-state index in [4.69, 9.17) is 0 Å². The van der Waals surface area contributed by atoms with Crippen LogP contribution in [0.2, 0.25) is 0 Å². The second kappa shape index (κ2) is 9.33.